The lowest BCUT2D eigenvalue weighted by molar-refractivity contribution is 0.0734. The van der Waals surface area contributed by atoms with Crippen LogP contribution in [-0.2, 0) is 0 Å². The third-order valence-corrected chi connectivity index (χ3v) is 4.87. The molecular formula is C24H17FN2O3. The molecule has 1 aliphatic heterocycles. The zero-order chi connectivity index (χ0) is 21.3. The zero-order valence-corrected chi connectivity index (χ0v) is 16.1. The van der Waals surface area contributed by atoms with E-state index in [1.54, 1.807) is 48.5 Å². The number of hydrogen-bond donors (Lipinski definition) is 1. The van der Waals surface area contributed by atoms with Crippen molar-refractivity contribution >= 4 is 5.97 Å². The van der Waals surface area contributed by atoms with Gasteiger partial charge in [0.2, 0.25) is 5.88 Å². The van der Waals surface area contributed by atoms with Crippen molar-refractivity contribution in [3.63, 3.8) is 0 Å². The number of halogens is 1. The average Bonchev–Trinajstić information content (AvgIpc) is 2.73. The van der Waals surface area contributed by atoms with Crippen molar-refractivity contribution in [2.24, 2.45) is 5.73 Å². The van der Waals surface area contributed by atoms with Crippen LogP contribution in [0.5, 0.6) is 11.5 Å². The number of esters is 1. The Bertz CT molecular complexity index is 1230. The van der Waals surface area contributed by atoms with Crippen molar-refractivity contribution in [1.82, 2.24) is 0 Å². The van der Waals surface area contributed by atoms with Gasteiger partial charge in [-0.2, -0.15) is 5.26 Å². The highest BCUT2D eigenvalue weighted by Crippen LogP contribution is 2.44. The van der Waals surface area contributed by atoms with E-state index in [0.29, 0.717) is 22.4 Å². The van der Waals surface area contributed by atoms with Gasteiger partial charge in [-0.15, -0.1) is 0 Å². The summed E-state index contributed by atoms with van der Waals surface area (Å²) in [5.74, 6) is -1.25. The zero-order valence-electron chi connectivity index (χ0n) is 16.1. The van der Waals surface area contributed by atoms with E-state index in [1.165, 1.54) is 12.1 Å². The van der Waals surface area contributed by atoms with Crippen LogP contribution in [0.3, 0.4) is 0 Å². The molecule has 3 aromatic carbocycles. The van der Waals surface area contributed by atoms with Gasteiger partial charge in [0.05, 0.1) is 11.5 Å². The molecule has 0 amide bonds. The Morgan fingerprint density at radius 2 is 1.90 bits per heavy atom. The Balaban J connectivity index is 1.71. The van der Waals surface area contributed by atoms with Crippen LogP contribution in [0.25, 0.3) is 0 Å². The molecule has 1 atom stereocenters. The summed E-state index contributed by atoms with van der Waals surface area (Å²) < 4.78 is 25.5. The number of hydrogen-bond acceptors (Lipinski definition) is 5. The molecule has 0 aromatic heterocycles. The van der Waals surface area contributed by atoms with Gasteiger partial charge >= 0.3 is 5.97 Å². The van der Waals surface area contributed by atoms with Crippen molar-refractivity contribution in [2.75, 3.05) is 0 Å². The number of nitrogens with zero attached hydrogens (tertiary/aromatic N) is 1. The Labute approximate surface area is 172 Å². The number of carbonyl (C=O) groups excluding carboxylic acids is 1. The molecule has 1 unspecified atom stereocenters. The molecular weight excluding hydrogens is 383 g/mol. The molecule has 0 saturated carbocycles. The van der Waals surface area contributed by atoms with Crippen molar-refractivity contribution in [3.05, 3.63) is 106 Å². The van der Waals surface area contributed by atoms with Crippen LogP contribution in [-0.4, -0.2) is 5.97 Å². The summed E-state index contributed by atoms with van der Waals surface area (Å²) in [6, 6.07) is 20.0. The summed E-state index contributed by atoms with van der Waals surface area (Å²) in [6.07, 6.45) is 0. The van der Waals surface area contributed by atoms with Crippen molar-refractivity contribution in [1.29, 1.82) is 5.26 Å². The normalized spacial score (nSPS) is 15.0. The van der Waals surface area contributed by atoms with Crippen molar-refractivity contribution in [2.45, 2.75) is 12.8 Å². The lowest BCUT2D eigenvalue weighted by Gasteiger charge is -2.27. The molecule has 30 heavy (non-hydrogen) atoms. The van der Waals surface area contributed by atoms with Gasteiger partial charge in [0.1, 0.15) is 29.0 Å². The first-order chi connectivity index (χ1) is 14.5. The summed E-state index contributed by atoms with van der Waals surface area (Å²) in [5.41, 5.74) is 8.29. The number of fused-ring (bicyclic) bond motifs is 1. The molecule has 0 saturated heterocycles. The monoisotopic (exact) mass is 400 g/mol. The molecule has 3 aromatic rings. The van der Waals surface area contributed by atoms with Gasteiger partial charge in [0.15, 0.2) is 0 Å². The number of allylic oxidation sites excluding steroid dienone is 1. The van der Waals surface area contributed by atoms with Gasteiger partial charge in [-0.1, -0.05) is 42.0 Å². The van der Waals surface area contributed by atoms with Gasteiger partial charge < -0.3 is 15.2 Å². The summed E-state index contributed by atoms with van der Waals surface area (Å²) in [5, 5.41) is 9.57. The summed E-state index contributed by atoms with van der Waals surface area (Å²) in [4.78, 5) is 12.4. The smallest absolute Gasteiger partial charge is 0.343 e. The maximum Gasteiger partial charge on any atom is 0.343 e. The first-order valence-corrected chi connectivity index (χ1v) is 9.22. The molecule has 0 aliphatic carbocycles. The first-order valence-electron chi connectivity index (χ1n) is 9.22. The molecule has 4 rings (SSSR count). The molecule has 148 valence electrons. The fourth-order valence-electron chi connectivity index (χ4n) is 3.47. The van der Waals surface area contributed by atoms with Crippen LogP contribution >= 0.6 is 0 Å². The second-order valence-corrected chi connectivity index (χ2v) is 6.90. The number of benzene rings is 3. The average molecular weight is 400 g/mol. The summed E-state index contributed by atoms with van der Waals surface area (Å²) in [6.45, 7) is 1.88. The van der Waals surface area contributed by atoms with Crippen LogP contribution in [0.4, 0.5) is 4.39 Å². The molecule has 0 spiro atoms. The van der Waals surface area contributed by atoms with E-state index in [4.69, 9.17) is 15.2 Å². The predicted molar refractivity (Wildman–Crippen MR) is 108 cm³/mol. The molecule has 0 bridgehead atoms. The van der Waals surface area contributed by atoms with E-state index in [2.05, 4.69) is 0 Å². The van der Waals surface area contributed by atoms with Crippen LogP contribution < -0.4 is 15.2 Å². The number of aryl methyl sites for hydroxylation is 1. The lowest BCUT2D eigenvalue weighted by Crippen LogP contribution is -2.21. The van der Waals surface area contributed by atoms with E-state index in [0.717, 1.165) is 5.56 Å². The minimum absolute atomic E-state index is 0.111. The number of carbonyl (C=O) groups is 1. The van der Waals surface area contributed by atoms with Gasteiger partial charge in [0, 0.05) is 17.2 Å². The molecule has 6 heteroatoms. The quantitative estimate of drug-likeness (QED) is 0.514. The van der Waals surface area contributed by atoms with Gasteiger partial charge in [-0.3, -0.25) is 0 Å². The third kappa shape index (κ3) is 3.49. The number of nitriles is 1. The second-order valence-electron chi connectivity index (χ2n) is 6.90. The fourth-order valence-corrected chi connectivity index (χ4v) is 3.47. The highest BCUT2D eigenvalue weighted by molar-refractivity contribution is 5.91. The fraction of sp³-hybridized carbons (Fsp3) is 0.0833. The summed E-state index contributed by atoms with van der Waals surface area (Å²) in [7, 11) is 0. The Morgan fingerprint density at radius 3 is 2.63 bits per heavy atom. The van der Waals surface area contributed by atoms with Crippen LogP contribution in [0.15, 0.2) is 78.2 Å². The first kappa shape index (κ1) is 19.2. The SMILES string of the molecule is Cc1cccc(C(=O)Oc2ccc3c(c2)OC(N)=C(C#N)C3c2ccccc2F)c1. The summed E-state index contributed by atoms with van der Waals surface area (Å²) >= 11 is 0. The van der Waals surface area contributed by atoms with E-state index < -0.39 is 17.7 Å². The minimum Gasteiger partial charge on any atom is -0.440 e. The Kier molecular flexibility index (Phi) is 4.95. The number of rotatable bonds is 3. The van der Waals surface area contributed by atoms with E-state index in [-0.39, 0.29) is 17.2 Å². The van der Waals surface area contributed by atoms with Crippen LogP contribution in [0.2, 0.25) is 0 Å². The molecule has 5 nitrogen and oxygen atoms in total. The van der Waals surface area contributed by atoms with Crippen LogP contribution in [0, 0.1) is 24.1 Å². The third-order valence-electron chi connectivity index (χ3n) is 4.87. The minimum atomic E-state index is -0.721. The molecule has 0 fully saturated rings. The van der Waals surface area contributed by atoms with E-state index in [1.807, 2.05) is 19.1 Å². The van der Waals surface area contributed by atoms with Gasteiger partial charge in [-0.05, 0) is 31.2 Å². The number of nitrogens with two attached hydrogens (primary N) is 1. The van der Waals surface area contributed by atoms with Gasteiger partial charge in [0.25, 0.3) is 0 Å². The largest absolute Gasteiger partial charge is 0.440 e. The predicted octanol–water partition coefficient (Wildman–Crippen LogP) is 4.57. The standard InChI is InChI=1S/C24H17FN2O3/c1-14-5-4-6-15(11-14)24(28)29-16-9-10-18-21(12-16)30-23(27)19(13-26)22(18)17-7-2-3-8-20(17)25/h2-12,22H,27H2,1H3. The maximum absolute atomic E-state index is 14.5. The molecule has 1 aliphatic rings. The lowest BCUT2D eigenvalue weighted by atomic mass is 9.83. The van der Waals surface area contributed by atoms with Gasteiger partial charge in [-0.25, -0.2) is 9.18 Å². The highest BCUT2D eigenvalue weighted by Gasteiger charge is 2.32. The Morgan fingerprint density at radius 1 is 1.10 bits per heavy atom. The topological polar surface area (TPSA) is 85.3 Å². The van der Waals surface area contributed by atoms with E-state index in [9.17, 15) is 14.4 Å². The molecule has 1 heterocycles. The molecule has 2 N–H and O–H groups in total. The van der Waals surface area contributed by atoms with E-state index >= 15 is 0 Å². The van der Waals surface area contributed by atoms with Crippen LogP contribution in [0.1, 0.15) is 33.0 Å². The van der Waals surface area contributed by atoms with Crippen molar-refractivity contribution in [3.8, 4) is 17.6 Å². The maximum atomic E-state index is 14.5. The number of ether oxygens (including phenoxy) is 2. The Hall–Kier alpha value is -4.11. The second kappa shape index (κ2) is 7.72. The highest BCUT2D eigenvalue weighted by atomic mass is 19.1. The molecule has 0 radical (unpaired) electrons. The van der Waals surface area contributed by atoms with Crippen molar-refractivity contribution < 1.29 is 18.7 Å².